The highest BCUT2D eigenvalue weighted by Gasteiger charge is 2.14. The third-order valence-electron chi connectivity index (χ3n) is 3.20. The van der Waals surface area contributed by atoms with E-state index in [1.54, 1.807) is 0 Å². The molecule has 0 saturated carbocycles. The van der Waals surface area contributed by atoms with Gasteiger partial charge in [-0.3, -0.25) is 10.1 Å². The summed E-state index contributed by atoms with van der Waals surface area (Å²) in [5.41, 5.74) is 2.24. The van der Waals surface area contributed by atoms with Gasteiger partial charge < -0.3 is 9.84 Å². The Morgan fingerprint density at radius 1 is 1.25 bits per heavy atom. The number of rotatable bonds is 4. The minimum atomic E-state index is -0.521. The number of nitro groups is 1. The molecule has 5 heteroatoms. The normalized spacial score (nSPS) is 10.3. The Hall–Kier alpha value is -2.40. The molecule has 0 unspecified atom stereocenters. The Balaban J connectivity index is 2.35. The van der Waals surface area contributed by atoms with E-state index in [9.17, 15) is 15.2 Å². The summed E-state index contributed by atoms with van der Waals surface area (Å²) in [7, 11) is 0. The van der Waals surface area contributed by atoms with Crippen molar-refractivity contribution in [3.8, 4) is 11.5 Å². The zero-order valence-electron chi connectivity index (χ0n) is 11.3. The van der Waals surface area contributed by atoms with Crippen molar-refractivity contribution >= 4 is 5.69 Å². The zero-order valence-corrected chi connectivity index (χ0v) is 11.3. The highest BCUT2D eigenvalue weighted by molar-refractivity contribution is 5.47. The molecule has 0 fully saturated rings. The van der Waals surface area contributed by atoms with Crippen molar-refractivity contribution in [1.29, 1.82) is 0 Å². The van der Waals surface area contributed by atoms with Crippen molar-refractivity contribution in [2.45, 2.75) is 20.5 Å². The number of aryl methyl sites for hydroxylation is 1. The van der Waals surface area contributed by atoms with Gasteiger partial charge >= 0.3 is 0 Å². The number of benzene rings is 2. The fourth-order valence-electron chi connectivity index (χ4n) is 1.89. The number of aliphatic hydroxyl groups is 1. The number of nitrogens with zero attached hydrogens (tertiary/aromatic N) is 1. The summed E-state index contributed by atoms with van der Waals surface area (Å²) < 4.78 is 5.73. The summed E-state index contributed by atoms with van der Waals surface area (Å²) in [4.78, 5) is 10.3. The van der Waals surface area contributed by atoms with Crippen molar-refractivity contribution in [3.63, 3.8) is 0 Å². The van der Waals surface area contributed by atoms with Gasteiger partial charge in [-0.2, -0.15) is 0 Å². The van der Waals surface area contributed by atoms with Crippen molar-refractivity contribution in [1.82, 2.24) is 0 Å². The van der Waals surface area contributed by atoms with Crippen molar-refractivity contribution in [3.05, 3.63) is 63.2 Å². The average molecular weight is 273 g/mol. The van der Waals surface area contributed by atoms with Crippen LogP contribution in [0.1, 0.15) is 16.7 Å². The van der Waals surface area contributed by atoms with Crippen LogP contribution in [0.4, 0.5) is 5.69 Å². The van der Waals surface area contributed by atoms with E-state index in [1.807, 2.05) is 32.0 Å². The molecule has 0 saturated heterocycles. The number of hydrogen-bond acceptors (Lipinski definition) is 4. The highest BCUT2D eigenvalue weighted by Crippen LogP contribution is 2.30. The molecule has 0 radical (unpaired) electrons. The second-order valence-corrected chi connectivity index (χ2v) is 4.51. The fraction of sp³-hybridized carbons (Fsp3) is 0.200. The Labute approximate surface area is 116 Å². The van der Waals surface area contributed by atoms with Gasteiger partial charge in [0, 0.05) is 6.07 Å². The minimum absolute atomic E-state index is 0.110. The molecule has 5 nitrogen and oxygen atoms in total. The molecule has 0 amide bonds. The third-order valence-corrected chi connectivity index (χ3v) is 3.20. The Bertz CT molecular complexity index is 652. The van der Waals surface area contributed by atoms with E-state index < -0.39 is 11.5 Å². The van der Waals surface area contributed by atoms with Gasteiger partial charge in [0.25, 0.3) is 5.69 Å². The molecule has 0 aliphatic carbocycles. The predicted octanol–water partition coefficient (Wildman–Crippen LogP) is 3.50. The van der Waals surface area contributed by atoms with E-state index in [0.29, 0.717) is 11.5 Å². The molecule has 2 rings (SSSR count). The summed E-state index contributed by atoms with van der Waals surface area (Å²) in [6.07, 6.45) is 0. The number of ether oxygens (including phenoxy) is 1. The lowest BCUT2D eigenvalue weighted by Gasteiger charge is -2.11. The monoisotopic (exact) mass is 273 g/mol. The Kier molecular flexibility index (Phi) is 4.00. The van der Waals surface area contributed by atoms with Gasteiger partial charge in [0.2, 0.25) is 0 Å². The van der Waals surface area contributed by atoms with Crippen LogP contribution in [0.3, 0.4) is 0 Å². The van der Waals surface area contributed by atoms with Crippen LogP contribution in [0.5, 0.6) is 11.5 Å². The molecule has 2 aromatic carbocycles. The second-order valence-electron chi connectivity index (χ2n) is 4.51. The molecule has 0 aromatic heterocycles. The van der Waals surface area contributed by atoms with Crippen molar-refractivity contribution in [2.75, 3.05) is 0 Å². The van der Waals surface area contributed by atoms with Gasteiger partial charge in [-0.25, -0.2) is 0 Å². The summed E-state index contributed by atoms with van der Waals surface area (Å²) in [5.74, 6) is 1.16. The maximum Gasteiger partial charge on any atom is 0.275 e. The van der Waals surface area contributed by atoms with Gasteiger partial charge in [0.05, 0.1) is 17.1 Å². The lowest BCUT2D eigenvalue weighted by Crippen LogP contribution is -1.97. The molecular weight excluding hydrogens is 258 g/mol. The van der Waals surface area contributed by atoms with Crippen molar-refractivity contribution < 1.29 is 14.8 Å². The number of aliphatic hydroxyl groups excluding tert-OH is 1. The van der Waals surface area contributed by atoms with E-state index >= 15 is 0 Å². The van der Waals surface area contributed by atoms with Crippen LogP contribution in [0.15, 0.2) is 36.4 Å². The first-order valence-electron chi connectivity index (χ1n) is 6.15. The number of hydrogen-bond donors (Lipinski definition) is 1. The van der Waals surface area contributed by atoms with E-state index in [2.05, 4.69) is 0 Å². The van der Waals surface area contributed by atoms with Crippen LogP contribution in [0, 0.1) is 24.0 Å². The lowest BCUT2D eigenvalue weighted by molar-refractivity contribution is -0.385. The van der Waals surface area contributed by atoms with E-state index in [-0.39, 0.29) is 11.3 Å². The van der Waals surface area contributed by atoms with Crippen LogP contribution >= 0.6 is 0 Å². The van der Waals surface area contributed by atoms with Crippen LogP contribution in [0.25, 0.3) is 0 Å². The second kappa shape index (κ2) is 5.71. The first-order valence-corrected chi connectivity index (χ1v) is 6.15. The summed E-state index contributed by atoms with van der Waals surface area (Å²) >= 11 is 0. The van der Waals surface area contributed by atoms with Gasteiger partial charge in [0.1, 0.15) is 11.5 Å². The average Bonchev–Trinajstić information content (AvgIpc) is 2.43. The molecule has 2 aromatic rings. The Morgan fingerprint density at radius 3 is 2.65 bits per heavy atom. The quantitative estimate of drug-likeness (QED) is 0.683. The fourth-order valence-corrected chi connectivity index (χ4v) is 1.89. The SMILES string of the molecule is Cc1cccc(Oc2ccc([N+](=O)[O-])c(CO)c2)c1C. The van der Waals surface area contributed by atoms with E-state index in [1.165, 1.54) is 18.2 Å². The third kappa shape index (κ3) is 2.78. The van der Waals surface area contributed by atoms with Gasteiger partial charge in [-0.05, 0) is 43.2 Å². The maximum atomic E-state index is 10.8. The van der Waals surface area contributed by atoms with Crippen LogP contribution in [0.2, 0.25) is 0 Å². The highest BCUT2D eigenvalue weighted by atomic mass is 16.6. The standard InChI is InChI=1S/C15H15NO4/c1-10-4-3-5-15(11(10)2)20-13-6-7-14(16(18)19)12(8-13)9-17/h3-8,17H,9H2,1-2H3. The largest absolute Gasteiger partial charge is 0.457 e. The smallest absolute Gasteiger partial charge is 0.275 e. The van der Waals surface area contributed by atoms with Crippen LogP contribution < -0.4 is 4.74 Å². The molecule has 0 atom stereocenters. The van der Waals surface area contributed by atoms with Crippen LogP contribution in [-0.4, -0.2) is 10.0 Å². The molecule has 20 heavy (non-hydrogen) atoms. The molecule has 1 N–H and O–H groups in total. The zero-order chi connectivity index (χ0) is 14.7. The first kappa shape index (κ1) is 14.0. The van der Waals surface area contributed by atoms with E-state index in [0.717, 1.165) is 11.1 Å². The first-order chi connectivity index (χ1) is 9.52. The number of nitro benzene ring substituents is 1. The topological polar surface area (TPSA) is 72.6 Å². The molecule has 0 bridgehead atoms. The minimum Gasteiger partial charge on any atom is -0.457 e. The molecule has 0 spiro atoms. The van der Waals surface area contributed by atoms with Gasteiger partial charge in [-0.1, -0.05) is 12.1 Å². The molecule has 0 aliphatic rings. The molecular formula is C15H15NO4. The van der Waals surface area contributed by atoms with E-state index in [4.69, 9.17) is 4.74 Å². The van der Waals surface area contributed by atoms with Crippen LogP contribution in [-0.2, 0) is 6.61 Å². The summed E-state index contributed by atoms with van der Waals surface area (Å²) in [6.45, 7) is 3.53. The molecule has 0 heterocycles. The van der Waals surface area contributed by atoms with Gasteiger partial charge in [0.15, 0.2) is 0 Å². The van der Waals surface area contributed by atoms with Crippen molar-refractivity contribution in [2.24, 2.45) is 0 Å². The Morgan fingerprint density at radius 2 is 2.00 bits per heavy atom. The summed E-state index contributed by atoms with van der Waals surface area (Å²) in [6, 6.07) is 10.1. The predicted molar refractivity (Wildman–Crippen MR) is 75.0 cm³/mol. The van der Waals surface area contributed by atoms with Gasteiger partial charge in [-0.15, -0.1) is 0 Å². The maximum absolute atomic E-state index is 10.8. The lowest BCUT2D eigenvalue weighted by atomic mass is 10.1. The molecule has 104 valence electrons. The molecule has 0 aliphatic heterocycles. The summed E-state index contributed by atoms with van der Waals surface area (Å²) in [5, 5.41) is 20.0.